The van der Waals surface area contributed by atoms with Crippen LogP contribution in [-0.2, 0) is 11.3 Å². The number of furan rings is 1. The first-order chi connectivity index (χ1) is 15.0. The summed E-state index contributed by atoms with van der Waals surface area (Å²) >= 11 is 0. The molecule has 1 aliphatic rings. The maximum absolute atomic E-state index is 12.6. The second kappa shape index (κ2) is 8.15. The van der Waals surface area contributed by atoms with Crippen molar-refractivity contribution in [3.8, 4) is 17.1 Å². The summed E-state index contributed by atoms with van der Waals surface area (Å²) in [6.07, 6.45) is 1.39. The summed E-state index contributed by atoms with van der Waals surface area (Å²) in [6, 6.07) is 16.2. The molecule has 9 heteroatoms. The lowest BCUT2D eigenvalue weighted by atomic mass is 10.1. The average molecular weight is 419 g/mol. The lowest BCUT2D eigenvalue weighted by Crippen LogP contribution is -2.30. The number of rotatable bonds is 6. The van der Waals surface area contributed by atoms with E-state index in [2.05, 4.69) is 5.32 Å². The minimum absolute atomic E-state index is 0.0612. The Labute approximate surface area is 176 Å². The van der Waals surface area contributed by atoms with Gasteiger partial charge >= 0.3 is 6.03 Å². The molecule has 0 aliphatic carbocycles. The molecule has 2 aromatic carbocycles. The van der Waals surface area contributed by atoms with Crippen molar-refractivity contribution in [3.63, 3.8) is 0 Å². The molecular formula is C22H17N3O6. The summed E-state index contributed by atoms with van der Waals surface area (Å²) < 4.78 is 10.7. The van der Waals surface area contributed by atoms with Crippen LogP contribution in [-0.4, -0.2) is 28.9 Å². The number of urea groups is 1. The summed E-state index contributed by atoms with van der Waals surface area (Å²) in [4.78, 5) is 36.9. The molecule has 0 radical (unpaired) electrons. The molecule has 0 bridgehead atoms. The fourth-order valence-corrected chi connectivity index (χ4v) is 3.20. The Balaban J connectivity index is 1.58. The van der Waals surface area contributed by atoms with Gasteiger partial charge in [0.05, 0.1) is 30.2 Å². The Kier molecular flexibility index (Phi) is 5.23. The van der Waals surface area contributed by atoms with Crippen LogP contribution in [0.1, 0.15) is 11.3 Å². The van der Waals surface area contributed by atoms with E-state index in [-0.39, 0.29) is 35.0 Å². The summed E-state index contributed by atoms with van der Waals surface area (Å²) in [5.74, 6) is 0.383. The van der Waals surface area contributed by atoms with E-state index < -0.39 is 16.9 Å². The highest BCUT2D eigenvalue weighted by Gasteiger charge is 2.33. The second-order valence-electron chi connectivity index (χ2n) is 6.71. The number of ether oxygens (including phenoxy) is 1. The number of nitro benzene ring substituents is 1. The molecule has 0 unspecified atom stereocenters. The van der Waals surface area contributed by atoms with Gasteiger partial charge in [-0.1, -0.05) is 30.3 Å². The number of nitrogens with zero attached hydrogens (tertiary/aromatic N) is 2. The smallest absolute Gasteiger partial charge is 0.329 e. The molecule has 9 nitrogen and oxygen atoms in total. The number of benzene rings is 2. The topological polar surface area (TPSA) is 115 Å². The van der Waals surface area contributed by atoms with Gasteiger partial charge in [-0.2, -0.15) is 0 Å². The van der Waals surface area contributed by atoms with Crippen molar-refractivity contribution in [3.05, 3.63) is 87.8 Å². The molecule has 0 spiro atoms. The van der Waals surface area contributed by atoms with Gasteiger partial charge < -0.3 is 14.5 Å². The Morgan fingerprint density at radius 2 is 1.90 bits per heavy atom. The van der Waals surface area contributed by atoms with Crippen molar-refractivity contribution in [2.75, 3.05) is 7.11 Å². The summed E-state index contributed by atoms with van der Waals surface area (Å²) in [5, 5.41) is 13.9. The van der Waals surface area contributed by atoms with Crippen LogP contribution in [0.15, 0.2) is 70.8 Å². The monoisotopic (exact) mass is 419 g/mol. The highest BCUT2D eigenvalue weighted by molar-refractivity contribution is 6.13. The van der Waals surface area contributed by atoms with Gasteiger partial charge in [0, 0.05) is 6.08 Å². The summed E-state index contributed by atoms with van der Waals surface area (Å²) in [7, 11) is 1.42. The Morgan fingerprint density at radius 1 is 1.13 bits per heavy atom. The number of hydrogen-bond donors (Lipinski definition) is 1. The Morgan fingerprint density at radius 3 is 2.61 bits per heavy atom. The first-order valence-electron chi connectivity index (χ1n) is 9.27. The van der Waals surface area contributed by atoms with Crippen LogP contribution in [0.3, 0.4) is 0 Å². The maximum atomic E-state index is 12.6. The maximum Gasteiger partial charge on any atom is 0.329 e. The molecule has 1 aromatic heterocycles. The standard InChI is InChI=1S/C22H17N3O6/c1-30-15-7-9-17(19(12-15)25(28)29)20-10-8-16(31-20)11-18-21(26)24(22(27)23-18)13-14-5-3-2-4-6-14/h2-12H,13H2,1H3,(H,23,27)/b18-11+. The first kappa shape index (κ1) is 19.9. The fourth-order valence-electron chi connectivity index (χ4n) is 3.20. The average Bonchev–Trinajstić information content (AvgIpc) is 3.34. The minimum atomic E-state index is -0.530. The van der Waals surface area contributed by atoms with Gasteiger partial charge in [-0.25, -0.2) is 4.79 Å². The van der Waals surface area contributed by atoms with Crippen molar-refractivity contribution in [1.29, 1.82) is 0 Å². The molecule has 156 valence electrons. The number of carbonyl (C=O) groups excluding carboxylic acids is 2. The van der Waals surface area contributed by atoms with Crippen LogP contribution < -0.4 is 10.1 Å². The molecule has 0 saturated carbocycles. The van der Waals surface area contributed by atoms with Crippen molar-refractivity contribution >= 4 is 23.7 Å². The van der Waals surface area contributed by atoms with E-state index in [4.69, 9.17) is 9.15 Å². The van der Waals surface area contributed by atoms with Crippen molar-refractivity contribution in [2.24, 2.45) is 0 Å². The molecule has 31 heavy (non-hydrogen) atoms. The van der Waals surface area contributed by atoms with Crippen LogP contribution in [0.5, 0.6) is 5.75 Å². The van der Waals surface area contributed by atoms with Gasteiger partial charge in [-0.15, -0.1) is 0 Å². The molecule has 3 aromatic rings. The van der Waals surface area contributed by atoms with Gasteiger partial charge in [-0.3, -0.25) is 19.8 Å². The molecule has 3 amide bonds. The third-order valence-corrected chi connectivity index (χ3v) is 4.73. The van der Waals surface area contributed by atoms with E-state index in [9.17, 15) is 19.7 Å². The SMILES string of the molecule is COc1ccc(-c2ccc(/C=C3/NC(=O)N(Cc4ccccc4)C3=O)o2)c([N+](=O)[O-])c1. The van der Waals surface area contributed by atoms with Crippen LogP contribution in [0.25, 0.3) is 17.4 Å². The highest BCUT2D eigenvalue weighted by atomic mass is 16.6. The zero-order valence-electron chi connectivity index (χ0n) is 16.4. The predicted octanol–water partition coefficient (Wildman–Crippen LogP) is 3.96. The lowest BCUT2D eigenvalue weighted by molar-refractivity contribution is -0.384. The zero-order chi connectivity index (χ0) is 22.0. The van der Waals surface area contributed by atoms with E-state index in [0.29, 0.717) is 5.75 Å². The number of hydrogen-bond acceptors (Lipinski definition) is 6. The lowest BCUT2D eigenvalue weighted by Gasteiger charge is -2.11. The number of nitrogens with one attached hydrogen (secondary N) is 1. The molecule has 1 fully saturated rings. The second-order valence-corrected chi connectivity index (χ2v) is 6.71. The molecule has 1 N–H and O–H groups in total. The normalized spacial score (nSPS) is 14.7. The number of nitro groups is 1. The van der Waals surface area contributed by atoms with E-state index in [1.54, 1.807) is 18.2 Å². The number of imide groups is 1. The van der Waals surface area contributed by atoms with Crippen LogP contribution in [0.2, 0.25) is 0 Å². The highest BCUT2D eigenvalue weighted by Crippen LogP contribution is 2.34. The number of methoxy groups -OCH3 is 1. The predicted molar refractivity (Wildman–Crippen MR) is 111 cm³/mol. The quantitative estimate of drug-likeness (QED) is 0.280. The Bertz CT molecular complexity index is 1200. The van der Waals surface area contributed by atoms with Crippen LogP contribution >= 0.6 is 0 Å². The van der Waals surface area contributed by atoms with E-state index in [1.807, 2.05) is 30.3 Å². The Hall–Kier alpha value is -4.40. The third kappa shape index (κ3) is 4.01. The molecule has 0 atom stereocenters. The van der Waals surface area contributed by atoms with E-state index in [1.165, 1.54) is 25.3 Å². The molecule has 1 saturated heterocycles. The minimum Gasteiger partial charge on any atom is -0.497 e. The molecule has 1 aliphatic heterocycles. The largest absolute Gasteiger partial charge is 0.497 e. The van der Waals surface area contributed by atoms with Crippen molar-refractivity contribution in [1.82, 2.24) is 10.2 Å². The van der Waals surface area contributed by atoms with Gasteiger partial charge in [-0.05, 0) is 29.8 Å². The van der Waals surface area contributed by atoms with Gasteiger partial charge in [0.25, 0.3) is 11.6 Å². The number of amides is 3. The fraction of sp³-hybridized carbons (Fsp3) is 0.0909. The molecular weight excluding hydrogens is 402 g/mol. The van der Waals surface area contributed by atoms with Gasteiger partial charge in [0.2, 0.25) is 0 Å². The zero-order valence-corrected chi connectivity index (χ0v) is 16.4. The summed E-state index contributed by atoms with van der Waals surface area (Å²) in [5.41, 5.74) is 0.973. The van der Waals surface area contributed by atoms with Crippen molar-refractivity contribution < 1.29 is 23.7 Å². The van der Waals surface area contributed by atoms with Crippen LogP contribution in [0, 0.1) is 10.1 Å². The summed E-state index contributed by atoms with van der Waals surface area (Å²) in [6.45, 7) is 0.143. The number of carbonyl (C=O) groups is 2. The van der Waals surface area contributed by atoms with Crippen LogP contribution in [0.4, 0.5) is 10.5 Å². The van der Waals surface area contributed by atoms with Crippen molar-refractivity contribution in [2.45, 2.75) is 6.54 Å². The van der Waals surface area contributed by atoms with E-state index in [0.717, 1.165) is 10.5 Å². The van der Waals surface area contributed by atoms with Gasteiger partial charge in [0.15, 0.2) is 0 Å². The molecule has 2 heterocycles. The third-order valence-electron chi connectivity index (χ3n) is 4.73. The van der Waals surface area contributed by atoms with Gasteiger partial charge in [0.1, 0.15) is 23.0 Å². The molecule has 4 rings (SSSR count). The van der Waals surface area contributed by atoms with E-state index >= 15 is 0 Å². The first-order valence-corrected chi connectivity index (χ1v) is 9.27.